The summed E-state index contributed by atoms with van der Waals surface area (Å²) in [6, 6.07) is 18.1. The fourth-order valence-corrected chi connectivity index (χ4v) is 4.15. The summed E-state index contributed by atoms with van der Waals surface area (Å²) < 4.78 is 6.29. The topological polar surface area (TPSA) is 12.5 Å². The van der Waals surface area contributed by atoms with Gasteiger partial charge >= 0.3 is 0 Å². The standard InChI is InChI=1S/C21H25NO/c1-16-15-18-8-3-5-11-20(18)22(16)13-14-23-21-12-6-9-17-7-2-4-10-19(17)21/h2-5,7-8,10-11,16,21H,6,9,12-15H2,1H3. The van der Waals surface area contributed by atoms with Crippen LogP contribution in [0.5, 0.6) is 0 Å². The Morgan fingerprint density at radius 3 is 2.74 bits per heavy atom. The van der Waals surface area contributed by atoms with Crippen LogP contribution in [0.4, 0.5) is 5.69 Å². The van der Waals surface area contributed by atoms with E-state index in [9.17, 15) is 0 Å². The van der Waals surface area contributed by atoms with Gasteiger partial charge in [-0.05, 0) is 55.4 Å². The summed E-state index contributed by atoms with van der Waals surface area (Å²) in [5, 5.41) is 0. The Hall–Kier alpha value is -1.80. The van der Waals surface area contributed by atoms with E-state index in [1.807, 2.05) is 0 Å². The third-order valence-corrected chi connectivity index (χ3v) is 5.31. The van der Waals surface area contributed by atoms with Crippen LogP contribution in [0.1, 0.15) is 42.6 Å². The number of benzene rings is 2. The van der Waals surface area contributed by atoms with Crippen molar-refractivity contribution in [2.24, 2.45) is 0 Å². The molecule has 120 valence electrons. The summed E-state index contributed by atoms with van der Waals surface area (Å²) in [5.74, 6) is 0. The molecule has 2 atom stereocenters. The lowest BCUT2D eigenvalue weighted by Gasteiger charge is -2.29. The molecule has 0 radical (unpaired) electrons. The second kappa shape index (κ2) is 6.37. The number of hydrogen-bond acceptors (Lipinski definition) is 2. The molecule has 2 aromatic carbocycles. The number of ether oxygens (including phenoxy) is 1. The molecule has 0 amide bonds. The van der Waals surface area contributed by atoms with Gasteiger partial charge in [-0.1, -0.05) is 42.5 Å². The predicted octanol–water partition coefficient (Wildman–Crippen LogP) is 4.53. The Morgan fingerprint density at radius 1 is 1.04 bits per heavy atom. The first-order valence-corrected chi connectivity index (χ1v) is 8.87. The smallest absolute Gasteiger partial charge is 0.0828 e. The van der Waals surface area contributed by atoms with E-state index in [-0.39, 0.29) is 6.10 Å². The van der Waals surface area contributed by atoms with Crippen molar-refractivity contribution in [3.05, 3.63) is 65.2 Å². The second-order valence-corrected chi connectivity index (χ2v) is 6.83. The number of nitrogens with zero attached hydrogens (tertiary/aromatic N) is 1. The van der Waals surface area contributed by atoms with Crippen LogP contribution < -0.4 is 4.90 Å². The summed E-state index contributed by atoms with van der Waals surface area (Å²) in [7, 11) is 0. The maximum absolute atomic E-state index is 6.29. The van der Waals surface area contributed by atoms with Gasteiger partial charge in [0, 0.05) is 18.3 Å². The molecule has 0 aromatic heterocycles. The van der Waals surface area contributed by atoms with Gasteiger partial charge in [0.1, 0.15) is 0 Å². The first-order valence-electron chi connectivity index (χ1n) is 8.87. The minimum atomic E-state index is 0.285. The number of aryl methyl sites for hydroxylation is 1. The third kappa shape index (κ3) is 2.88. The van der Waals surface area contributed by atoms with Crippen molar-refractivity contribution in [2.45, 2.75) is 44.8 Å². The molecule has 0 spiro atoms. The summed E-state index contributed by atoms with van der Waals surface area (Å²) in [4.78, 5) is 2.50. The molecule has 0 N–H and O–H groups in total. The van der Waals surface area contributed by atoms with Gasteiger partial charge in [-0.2, -0.15) is 0 Å². The second-order valence-electron chi connectivity index (χ2n) is 6.83. The predicted molar refractivity (Wildman–Crippen MR) is 95.0 cm³/mol. The van der Waals surface area contributed by atoms with Crippen LogP contribution in [0, 0.1) is 0 Å². The van der Waals surface area contributed by atoms with E-state index < -0.39 is 0 Å². The maximum Gasteiger partial charge on any atom is 0.0828 e. The van der Waals surface area contributed by atoms with Crippen molar-refractivity contribution < 1.29 is 4.74 Å². The molecule has 0 saturated carbocycles. The Labute approximate surface area is 139 Å². The molecule has 2 aromatic rings. The molecule has 2 heteroatoms. The van der Waals surface area contributed by atoms with Gasteiger partial charge in [0.05, 0.1) is 12.7 Å². The van der Waals surface area contributed by atoms with E-state index in [1.165, 1.54) is 35.2 Å². The van der Waals surface area contributed by atoms with E-state index in [2.05, 4.69) is 60.4 Å². The van der Waals surface area contributed by atoms with Crippen molar-refractivity contribution >= 4 is 5.69 Å². The van der Waals surface area contributed by atoms with Crippen molar-refractivity contribution in [1.29, 1.82) is 0 Å². The normalized spacial score (nSPS) is 22.7. The molecule has 2 unspecified atom stereocenters. The van der Waals surface area contributed by atoms with Crippen molar-refractivity contribution in [3.8, 4) is 0 Å². The zero-order valence-corrected chi connectivity index (χ0v) is 13.9. The molecule has 1 aliphatic heterocycles. The van der Waals surface area contributed by atoms with Crippen LogP contribution in [0.25, 0.3) is 0 Å². The lowest BCUT2D eigenvalue weighted by atomic mass is 9.89. The monoisotopic (exact) mass is 307 g/mol. The number of para-hydroxylation sites is 1. The Balaban J connectivity index is 1.40. The van der Waals surface area contributed by atoms with Gasteiger partial charge in [-0.3, -0.25) is 0 Å². The van der Waals surface area contributed by atoms with E-state index in [0.29, 0.717) is 6.04 Å². The SMILES string of the molecule is CC1Cc2ccccc2N1CCOC1CCCc2ccccc21. The summed E-state index contributed by atoms with van der Waals surface area (Å²) in [6.07, 6.45) is 5.04. The molecule has 2 aliphatic rings. The zero-order valence-electron chi connectivity index (χ0n) is 13.9. The highest BCUT2D eigenvalue weighted by atomic mass is 16.5. The van der Waals surface area contributed by atoms with Crippen LogP contribution >= 0.6 is 0 Å². The molecule has 1 aliphatic carbocycles. The van der Waals surface area contributed by atoms with E-state index in [4.69, 9.17) is 4.74 Å². The highest BCUT2D eigenvalue weighted by molar-refractivity contribution is 5.59. The molecule has 2 nitrogen and oxygen atoms in total. The third-order valence-electron chi connectivity index (χ3n) is 5.31. The van der Waals surface area contributed by atoms with Crippen molar-refractivity contribution in [1.82, 2.24) is 0 Å². The summed E-state index contributed by atoms with van der Waals surface area (Å²) in [6.45, 7) is 4.10. The number of fused-ring (bicyclic) bond motifs is 2. The first-order chi connectivity index (χ1) is 11.3. The van der Waals surface area contributed by atoms with Crippen LogP contribution in [-0.4, -0.2) is 19.2 Å². The number of hydrogen-bond donors (Lipinski definition) is 0. The van der Waals surface area contributed by atoms with Crippen molar-refractivity contribution in [3.63, 3.8) is 0 Å². The fourth-order valence-electron chi connectivity index (χ4n) is 4.15. The summed E-state index contributed by atoms with van der Waals surface area (Å²) >= 11 is 0. The molecule has 0 saturated heterocycles. The van der Waals surface area contributed by atoms with Crippen LogP contribution in [0.3, 0.4) is 0 Å². The minimum absolute atomic E-state index is 0.285. The van der Waals surface area contributed by atoms with Gasteiger partial charge in [0.15, 0.2) is 0 Å². The average Bonchev–Trinajstić information content (AvgIpc) is 2.91. The van der Waals surface area contributed by atoms with E-state index in [1.54, 1.807) is 0 Å². The van der Waals surface area contributed by atoms with Gasteiger partial charge < -0.3 is 9.64 Å². The zero-order chi connectivity index (χ0) is 15.6. The summed E-state index contributed by atoms with van der Waals surface area (Å²) in [5.41, 5.74) is 5.76. The van der Waals surface area contributed by atoms with Gasteiger partial charge in [-0.15, -0.1) is 0 Å². The maximum atomic E-state index is 6.29. The molecular weight excluding hydrogens is 282 g/mol. The Kier molecular flexibility index (Phi) is 4.09. The lowest BCUT2D eigenvalue weighted by molar-refractivity contribution is 0.0449. The molecule has 4 rings (SSSR count). The Morgan fingerprint density at radius 2 is 1.83 bits per heavy atom. The quantitative estimate of drug-likeness (QED) is 0.822. The Bertz CT molecular complexity index is 681. The van der Waals surface area contributed by atoms with E-state index in [0.717, 1.165) is 26.0 Å². The molecule has 0 fully saturated rings. The molecule has 23 heavy (non-hydrogen) atoms. The molecule has 0 bridgehead atoms. The van der Waals surface area contributed by atoms with Crippen LogP contribution in [0.2, 0.25) is 0 Å². The fraction of sp³-hybridized carbons (Fsp3) is 0.429. The van der Waals surface area contributed by atoms with Crippen molar-refractivity contribution in [2.75, 3.05) is 18.1 Å². The highest BCUT2D eigenvalue weighted by Crippen LogP contribution is 2.34. The van der Waals surface area contributed by atoms with Crippen LogP contribution in [0.15, 0.2) is 48.5 Å². The molecular formula is C21H25NO. The van der Waals surface area contributed by atoms with Gasteiger partial charge in [-0.25, -0.2) is 0 Å². The number of anilines is 1. The highest BCUT2D eigenvalue weighted by Gasteiger charge is 2.26. The minimum Gasteiger partial charge on any atom is -0.372 e. The van der Waals surface area contributed by atoms with Gasteiger partial charge in [0.25, 0.3) is 0 Å². The largest absolute Gasteiger partial charge is 0.372 e. The number of rotatable bonds is 4. The van der Waals surface area contributed by atoms with E-state index >= 15 is 0 Å². The average molecular weight is 307 g/mol. The van der Waals surface area contributed by atoms with Gasteiger partial charge in [0.2, 0.25) is 0 Å². The first kappa shape index (κ1) is 14.8. The molecule has 1 heterocycles. The van der Waals surface area contributed by atoms with Crippen LogP contribution in [-0.2, 0) is 17.6 Å². The lowest BCUT2D eigenvalue weighted by Crippen LogP contribution is -2.33.